The Hall–Kier alpha value is -6.18. The first-order valence-corrected chi connectivity index (χ1v) is 21.6. The topological polar surface area (TPSA) is 120 Å². The summed E-state index contributed by atoms with van der Waals surface area (Å²) in [6, 6.07) is 54.2. The number of esters is 1. The second kappa shape index (κ2) is 22.4. The minimum atomic E-state index is -1.26. The van der Waals surface area contributed by atoms with Crippen molar-refractivity contribution >= 4 is 12.1 Å². The van der Waals surface area contributed by atoms with Crippen LogP contribution in [0.2, 0.25) is 0 Å². The number of rotatable bonds is 20. The molecule has 0 saturated carbocycles. The first kappa shape index (κ1) is 44.4. The Balaban J connectivity index is 1.04. The predicted octanol–water partition coefficient (Wildman–Crippen LogP) is 8.78. The molecule has 330 valence electrons. The number of ether oxygens (including phenoxy) is 8. The first-order chi connectivity index (χ1) is 31.5. The van der Waals surface area contributed by atoms with Crippen LogP contribution < -0.4 is 5.32 Å². The summed E-state index contributed by atoms with van der Waals surface area (Å²) in [5.41, 5.74) is 8.17. The number of methoxy groups -OCH3 is 1. The Kier molecular flexibility index (Phi) is 15.6. The number of hydrogen-bond acceptors (Lipinski definition) is 10. The third-order valence-electron chi connectivity index (χ3n) is 11.4. The highest BCUT2D eigenvalue weighted by Gasteiger charge is 2.49. The Bertz CT molecular complexity index is 2320. The van der Waals surface area contributed by atoms with Crippen LogP contribution in [0.5, 0.6) is 0 Å². The maximum Gasteiger partial charge on any atom is 0.407 e. The summed E-state index contributed by atoms with van der Waals surface area (Å²) in [7, 11) is 1.25. The number of benzene rings is 6. The van der Waals surface area contributed by atoms with E-state index in [2.05, 4.69) is 17.4 Å². The van der Waals surface area contributed by atoms with Crippen molar-refractivity contribution in [3.63, 3.8) is 0 Å². The molecule has 2 aliphatic rings. The van der Waals surface area contributed by atoms with Gasteiger partial charge in [-0.2, -0.15) is 0 Å². The molecule has 11 heteroatoms. The molecule has 1 heterocycles. The van der Waals surface area contributed by atoms with Gasteiger partial charge in [-0.05, 0) is 44.5 Å². The largest absolute Gasteiger partial charge is 0.467 e. The molecule has 6 atom stereocenters. The molecule has 1 amide bonds. The van der Waals surface area contributed by atoms with Crippen molar-refractivity contribution in [3.05, 3.63) is 203 Å². The molecule has 0 radical (unpaired) electrons. The van der Waals surface area contributed by atoms with Crippen molar-refractivity contribution in [1.29, 1.82) is 0 Å². The molecule has 0 aromatic heterocycles. The van der Waals surface area contributed by atoms with E-state index in [4.69, 9.17) is 37.9 Å². The molecular formula is C53H53NO10. The second-order valence-corrected chi connectivity index (χ2v) is 15.7. The van der Waals surface area contributed by atoms with E-state index in [1.54, 1.807) is 0 Å². The average molecular weight is 864 g/mol. The number of carbonyl (C=O) groups excluding carboxylic acids is 2. The number of hydrogen-bond donors (Lipinski definition) is 1. The van der Waals surface area contributed by atoms with Crippen LogP contribution >= 0.6 is 0 Å². The number of nitrogens with one attached hydrogen (secondary N) is 1. The first-order valence-electron chi connectivity index (χ1n) is 21.6. The molecule has 8 rings (SSSR count). The molecule has 6 aromatic carbocycles. The van der Waals surface area contributed by atoms with Gasteiger partial charge in [-0.15, -0.1) is 0 Å². The van der Waals surface area contributed by atoms with Gasteiger partial charge >= 0.3 is 12.1 Å². The van der Waals surface area contributed by atoms with Crippen LogP contribution in [-0.2, 0) is 69.1 Å². The molecule has 0 unspecified atom stereocenters. The zero-order valence-corrected chi connectivity index (χ0v) is 35.7. The van der Waals surface area contributed by atoms with E-state index in [9.17, 15) is 9.59 Å². The molecule has 0 spiro atoms. The standard InChI is InChI=1S/C53H53NO10/c1-57-51(55)46(54-53(56)63-34-45-43-28-16-14-26-41(43)42-27-15-17-29-44(42)45)35-62-52-50(61-33-40-24-12-5-13-25-40)49(60-32-39-22-10-4-11-23-39)48(59-31-38-20-8-3-9-21-38)47(64-52)36-58-30-37-18-6-2-7-19-37/h2-29,45-50,52H,30-36H2,1H3,(H,54,56)/t46-,47+,48+,49-,50+,52-/m0/s1. The van der Waals surface area contributed by atoms with Gasteiger partial charge < -0.3 is 43.2 Å². The highest BCUT2D eigenvalue weighted by atomic mass is 16.7. The van der Waals surface area contributed by atoms with E-state index >= 15 is 0 Å². The SMILES string of the molecule is COC(=O)[C@H](CO[C@H]1O[C@H](COCc2ccccc2)[C@@H](OCc2ccccc2)[C@H](OCc2ccccc2)[C@H]1OCc1ccccc1)NC(=O)OCC1c2ccccc2-c2ccccc21. The van der Waals surface area contributed by atoms with Crippen molar-refractivity contribution in [3.8, 4) is 11.1 Å². The molecule has 1 aliphatic carbocycles. The third-order valence-corrected chi connectivity index (χ3v) is 11.4. The van der Waals surface area contributed by atoms with Crippen molar-refractivity contribution < 1.29 is 47.5 Å². The Morgan fingerprint density at radius 2 is 0.984 bits per heavy atom. The molecule has 1 fully saturated rings. The lowest BCUT2D eigenvalue weighted by atomic mass is 9.97. The molecule has 11 nitrogen and oxygen atoms in total. The van der Waals surface area contributed by atoms with Crippen LogP contribution in [-0.4, -0.2) is 75.7 Å². The van der Waals surface area contributed by atoms with Gasteiger partial charge in [0.15, 0.2) is 12.3 Å². The number of alkyl carbamates (subject to hydrolysis) is 1. The zero-order valence-electron chi connectivity index (χ0n) is 35.7. The van der Waals surface area contributed by atoms with Crippen LogP contribution in [0.4, 0.5) is 4.79 Å². The smallest absolute Gasteiger partial charge is 0.407 e. The summed E-state index contributed by atoms with van der Waals surface area (Å²) in [4.78, 5) is 26.8. The lowest BCUT2D eigenvalue weighted by Crippen LogP contribution is -2.62. The summed E-state index contributed by atoms with van der Waals surface area (Å²) < 4.78 is 50.9. The summed E-state index contributed by atoms with van der Waals surface area (Å²) >= 11 is 0. The van der Waals surface area contributed by atoms with E-state index in [1.807, 2.05) is 158 Å². The van der Waals surface area contributed by atoms with Crippen molar-refractivity contribution in [2.75, 3.05) is 26.9 Å². The monoisotopic (exact) mass is 863 g/mol. The van der Waals surface area contributed by atoms with Gasteiger partial charge in [0.25, 0.3) is 0 Å². The Labute approximate surface area is 374 Å². The molecule has 1 N–H and O–H groups in total. The second-order valence-electron chi connectivity index (χ2n) is 15.7. The quantitative estimate of drug-likeness (QED) is 0.0747. The molecule has 64 heavy (non-hydrogen) atoms. The van der Waals surface area contributed by atoms with Crippen LogP contribution in [0.25, 0.3) is 11.1 Å². The van der Waals surface area contributed by atoms with Crippen molar-refractivity contribution in [2.24, 2.45) is 0 Å². The highest BCUT2D eigenvalue weighted by molar-refractivity contribution is 5.82. The molecule has 6 aromatic rings. The Morgan fingerprint density at radius 1 is 0.531 bits per heavy atom. The Morgan fingerprint density at radius 3 is 1.50 bits per heavy atom. The van der Waals surface area contributed by atoms with E-state index in [-0.39, 0.29) is 45.6 Å². The average Bonchev–Trinajstić information content (AvgIpc) is 3.67. The summed E-state index contributed by atoms with van der Waals surface area (Å²) in [5.74, 6) is -0.898. The highest BCUT2D eigenvalue weighted by Crippen LogP contribution is 2.44. The zero-order chi connectivity index (χ0) is 43.9. The van der Waals surface area contributed by atoms with Gasteiger partial charge in [0.2, 0.25) is 0 Å². The van der Waals surface area contributed by atoms with Gasteiger partial charge in [0.05, 0.1) is 46.8 Å². The lowest BCUT2D eigenvalue weighted by molar-refractivity contribution is -0.329. The van der Waals surface area contributed by atoms with Crippen molar-refractivity contribution in [2.45, 2.75) is 69.1 Å². The van der Waals surface area contributed by atoms with Gasteiger partial charge in [0.1, 0.15) is 31.0 Å². The maximum absolute atomic E-state index is 13.5. The number of carbonyl (C=O) groups is 2. The van der Waals surface area contributed by atoms with E-state index in [0.29, 0.717) is 6.61 Å². The summed E-state index contributed by atoms with van der Waals surface area (Å²) in [6.45, 7) is 0.856. The fourth-order valence-electron chi connectivity index (χ4n) is 8.17. The van der Waals surface area contributed by atoms with Crippen LogP contribution in [0, 0.1) is 0 Å². The van der Waals surface area contributed by atoms with Gasteiger partial charge in [0, 0.05) is 5.92 Å². The summed E-state index contributed by atoms with van der Waals surface area (Å²) in [5, 5.41) is 2.68. The molecule has 1 saturated heterocycles. The minimum Gasteiger partial charge on any atom is -0.467 e. The fraction of sp³-hybridized carbons (Fsp3) is 0.283. The van der Waals surface area contributed by atoms with Crippen LogP contribution in [0.1, 0.15) is 39.3 Å². The summed E-state index contributed by atoms with van der Waals surface area (Å²) in [6.07, 6.45) is -4.99. The van der Waals surface area contributed by atoms with Gasteiger partial charge in [-0.3, -0.25) is 0 Å². The normalized spacial score (nSPS) is 19.5. The van der Waals surface area contributed by atoms with Crippen LogP contribution in [0.15, 0.2) is 170 Å². The van der Waals surface area contributed by atoms with E-state index in [0.717, 1.165) is 44.5 Å². The van der Waals surface area contributed by atoms with E-state index < -0.39 is 48.8 Å². The van der Waals surface area contributed by atoms with Gasteiger partial charge in [-0.25, -0.2) is 9.59 Å². The fourth-order valence-corrected chi connectivity index (χ4v) is 8.17. The van der Waals surface area contributed by atoms with Crippen LogP contribution in [0.3, 0.4) is 0 Å². The maximum atomic E-state index is 13.5. The predicted molar refractivity (Wildman–Crippen MR) is 240 cm³/mol. The van der Waals surface area contributed by atoms with Gasteiger partial charge in [-0.1, -0.05) is 170 Å². The minimum absolute atomic E-state index is 0.0607. The van der Waals surface area contributed by atoms with Crippen molar-refractivity contribution in [1.82, 2.24) is 5.32 Å². The third kappa shape index (κ3) is 11.5. The lowest BCUT2D eigenvalue weighted by Gasteiger charge is -2.46. The molecule has 1 aliphatic heterocycles. The molecule has 0 bridgehead atoms. The number of fused-ring (bicyclic) bond motifs is 3. The molecular weight excluding hydrogens is 811 g/mol. The van der Waals surface area contributed by atoms with E-state index in [1.165, 1.54) is 7.11 Å². The number of amides is 1.